The smallest absolute Gasteiger partial charge is 0.262 e. The highest BCUT2D eigenvalue weighted by atomic mass is 32.2. The fourth-order valence-electron chi connectivity index (χ4n) is 2.14. The van der Waals surface area contributed by atoms with Crippen LogP contribution in [-0.4, -0.2) is 29.4 Å². The first kappa shape index (κ1) is 12.9. The number of carbonyl (C=O) groups excluding carboxylic acids is 1. The lowest BCUT2D eigenvalue weighted by molar-refractivity contribution is 0.0718. The van der Waals surface area contributed by atoms with E-state index in [-0.39, 0.29) is 18.1 Å². The summed E-state index contributed by atoms with van der Waals surface area (Å²) >= 11 is 3.04. The van der Waals surface area contributed by atoms with Gasteiger partial charge in [0.15, 0.2) is 0 Å². The van der Waals surface area contributed by atoms with Crippen molar-refractivity contribution < 1.29 is 9.90 Å². The second-order valence-corrected chi connectivity index (χ2v) is 6.01. The van der Waals surface area contributed by atoms with Crippen LogP contribution in [0.4, 0.5) is 0 Å². The van der Waals surface area contributed by atoms with E-state index in [0.29, 0.717) is 0 Å². The molecule has 1 aromatic heterocycles. The normalized spacial score (nSPS) is 24.6. The maximum atomic E-state index is 12.1. The number of hydrogen-bond donors (Lipinski definition) is 2. The van der Waals surface area contributed by atoms with Crippen molar-refractivity contribution in [3.05, 3.63) is 16.3 Å². The van der Waals surface area contributed by atoms with Crippen molar-refractivity contribution in [2.45, 2.75) is 42.7 Å². The summed E-state index contributed by atoms with van der Waals surface area (Å²) in [5, 5.41) is 14.7. The van der Waals surface area contributed by atoms with Crippen LogP contribution in [0.25, 0.3) is 0 Å². The lowest BCUT2D eigenvalue weighted by atomic mass is 9.92. The predicted molar refractivity (Wildman–Crippen MR) is 71.8 cm³/mol. The van der Waals surface area contributed by atoms with Crippen molar-refractivity contribution in [2.24, 2.45) is 0 Å². The van der Waals surface area contributed by atoms with Gasteiger partial charge in [-0.3, -0.25) is 4.79 Å². The van der Waals surface area contributed by atoms with E-state index in [1.165, 1.54) is 11.3 Å². The molecule has 0 radical (unpaired) electrons. The van der Waals surface area contributed by atoms with E-state index in [9.17, 15) is 9.90 Å². The molecule has 0 aromatic carbocycles. The molecule has 0 bridgehead atoms. The first-order valence-electron chi connectivity index (χ1n) is 5.83. The Morgan fingerprint density at radius 2 is 2.29 bits per heavy atom. The summed E-state index contributed by atoms with van der Waals surface area (Å²) in [6.45, 7) is 0. The van der Waals surface area contributed by atoms with Gasteiger partial charge in [0, 0.05) is 4.90 Å². The SMILES string of the molecule is CSc1ccsc1C(=O)NC1CCCCC1O. The number of thioether (sulfide) groups is 1. The highest BCUT2D eigenvalue weighted by Gasteiger charge is 2.25. The maximum absolute atomic E-state index is 12.1. The molecular formula is C12H17NO2S2. The minimum atomic E-state index is -0.384. The summed E-state index contributed by atoms with van der Waals surface area (Å²) in [6, 6.07) is 1.88. The Morgan fingerprint density at radius 3 is 3.00 bits per heavy atom. The number of amides is 1. The molecule has 1 amide bonds. The van der Waals surface area contributed by atoms with E-state index in [1.54, 1.807) is 11.8 Å². The molecule has 1 aliphatic carbocycles. The molecule has 3 nitrogen and oxygen atoms in total. The monoisotopic (exact) mass is 271 g/mol. The molecule has 2 rings (SSSR count). The van der Waals surface area contributed by atoms with Crippen molar-refractivity contribution in [1.82, 2.24) is 5.32 Å². The van der Waals surface area contributed by atoms with Gasteiger partial charge in [0.2, 0.25) is 0 Å². The highest BCUT2D eigenvalue weighted by Crippen LogP contribution is 2.26. The Hall–Kier alpha value is -0.520. The van der Waals surface area contributed by atoms with Gasteiger partial charge in [0.1, 0.15) is 4.88 Å². The molecule has 0 saturated heterocycles. The van der Waals surface area contributed by atoms with Crippen molar-refractivity contribution in [1.29, 1.82) is 0 Å². The van der Waals surface area contributed by atoms with Crippen molar-refractivity contribution in [2.75, 3.05) is 6.26 Å². The van der Waals surface area contributed by atoms with Crippen LogP contribution in [0.2, 0.25) is 0 Å². The summed E-state index contributed by atoms with van der Waals surface area (Å²) in [5.41, 5.74) is 0. The van der Waals surface area contributed by atoms with Gasteiger partial charge in [-0.05, 0) is 30.5 Å². The lowest BCUT2D eigenvalue weighted by Gasteiger charge is -2.28. The molecule has 94 valence electrons. The molecule has 5 heteroatoms. The zero-order valence-electron chi connectivity index (χ0n) is 9.81. The van der Waals surface area contributed by atoms with Crippen LogP contribution in [0.1, 0.15) is 35.4 Å². The third kappa shape index (κ3) is 3.03. The zero-order valence-corrected chi connectivity index (χ0v) is 11.4. The minimum Gasteiger partial charge on any atom is -0.391 e. The number of hydrogen-bond acceptors (Lipinski definition) is 4. The minimum absolute atomic E-state index is 0.0460. The van der Waals surface area contributed by atoms with Gasteiger partial charge in [-0.1, -0.05) is 12.8 Å². The first-order valence-corrected chi connectivity index (χ1v) is 7.93. The number of aliphatic hydroxyl groups is 1. The Morgan fingerprint density at radius 1 is 1.53 bits per heavy atom. The summed E-state index contributed by atoms with van der Waals surface area (Å²) in [4.78, 5) is 13.8. The Bertz CT molecular complexity index is 392. The molecule has 0 spiro atoms. The number of thiophene rings is 1. The summed E-state index contributed by atoms with van der Waals surface area (Å²) in [7, 11) is 0. The molecule has 2 unspecified atom stereocenters. The van der Waals surface area contributed by atoms with Gasteiger partial charge in [0.25, 0.3) is 5.91 Å². The largest absolute Gasteiger partial charge is 0.391 e. The summed E-state index contributed by atoms with van der Waals surface area (Å²) in [6.07, 6.45) is 5.40. The van der Waals surface area contributed by atoms with Crippen molar-refractivity contribution in [3.63, 3.8) is 0 Å². The molecule has 1 fully saturated rings. The van der Waals surface area contributed by atoms with Gasteiger partial charge >= 0.3 is 0 Å². The van der Waals surface area contributed by atoms with E-state index < -0.39 is 0 Å². The lowest BCUT2D eigenvalue weighted by Crippen LogP contribution is -2.44. The molecule has 2 N–H and O–H groups in total. The Balaban J connectivity index is 2.01. The van der Waals surface area contributed by atoms with Crippen LogP contribution in [0, 0.1) is 0 Å². The van der Waals surface area contributed by atoms with Crippen molar-refractivity contribution in [3.8, 4) is 0 Å². The fourth-order valence-corrected chi connectivity index (χ4v) is 3.79. The van der Waals surface area contributed by atoms with Crippen molar-refractivity contribution >= 4 is 29.0 Å². The average molecular weight is 271 g/mol. The zero-order chi connectivity index (χ0) is 12.3. The predicted octanol–water partition coefficient (Wildman–Crippen LogP) is 2.50. The van der Waals surface area contributed by atoms with E-state index in [1.807, 2.05) is 17.7 Å². The summed E-state index contributed by atoms with van der Waals surface area (Å²) in [5.74, 6) is -0.0460. The van der Waals surface area contributed by atoms with Crippen LogP contribution in [-0.2, 0) is 0 Å². The number of carbonyl (C=O) groups is 1. The third-order valence-electron chi connectivity index (χ3n) is 3.10. The Labute approximate surface area is 110 Å². The molecule has 1 aromatic rings. The molecule has 17 heavy (non-hydrogen) atoms. The number of rotatable bonds is 3. The molecule has 2 atom stereocenters. The van der Waals surface area contributed by atoms with Crippen LogP contribution >= 0.6 is 23.1 Å². The fraction of sp³-hybridized carbons (Fsp3) is 0.583. The molecule has 1 aliphatic rings. The quantitative estimate of drug-likeness (QED) is 0.831. The van der Waals surface area contributed by atoms with E-state index >= 15 is 0 Å². The van der Waals surface area contributed by atoms with Gasteiger partial charge in [-0.25, -0.2) is 0 Å². The average Bonchev–Trinajstić information content (AvgIpc) is 2.80. The van der Waals surface area contributed by atoms with E-state index in [4.69, 9.17) is 0 Å². The second kappa shape index (κ2) is 5.89. The van der Waals surface area contributed by atoms with Crippen LogP contribution in [0.15, 0.2) is 16.3 Å². The van der Waals surface area contributed by atoms with Crippen LogP contribution < -0.4 is 5.32 Å². The number of aliphatic hydroxyl groups excluding tert-OH is 1. The standard InChI is InChI=1S/C12H17NO2S2/c1-16-10-6-7-17-11(10)12(15)13-8-4-2-3-5-9(8)14/h6-9,14H,2-5H2,1H3,(H,13,15). The van der Waals surface area contributed by atoms with Crippen LogP contribution in [0.3, 0.4) is 0 Å². The molecule has 1 heterocycles. The molecule has 1 saturated carbocycles. The number of nitrogens with one attached hydrogen (secondary N) is 1. The topological polar surface area (TPSA) is 49.3 Å². The van der Waals surface area contributed by atoms with E-state index in [0.717, 1.165) is 35.5 Å². The van der Waals surface area contributed by atoms with E-state index in [2.05, 4.69) is 5.32 Å². The first-order chi connectivity index (χ1) is 8.22. The highest BCUT2D eigenvalue weighted by molar-refractivity contribution is 7.98. The Kier molecular flexibility index (Phi) is 4.48. The molecular weight excluding hydrogens is 254 g/mol. The summed E-state index contributed by atoms with van der Waals surface area (Å²) < 4.78 is 0. The molecule has 0 aliphatic heterocycles. The third-order valence-corrected chi connectivity index (χ3v) is 4.92. The maximum Gasteiger partial charge on any atom is 0.262 e. The van der Waals surface area contributed by atoms with Gasteiger partial charge < -0.3 is 10.4 Å². The second-order valence-electron chi connectivity index (χ2n) is 4.25. The van der Waals surface area contributed by atoms with Gasteiger partial charge in [-0.15, -0.1) is 23.1 Å². The van der Waals surface area contributed by atoms with Gasteiger partial charge in [0.05, 0.1) is 12.1 Å². The van der Waals surface area contributed by atoms with Gasteiger partial charge in [-0.2, -0.15) is 0 Å². The van der Waals surface area contributed by atoms with Crippen LogP contribution in [0.5, 0.6) is 0 Å².